The number of benzene rings is 2. The van der Waals surface area contributed by atoms with Crippen molar-refractivity contribution in [2.45, 2.75) is 30.6 Å². The van der Waals surface area contributed by atoms with E-state index >= 15 is 0 Å². The largest absolute Gasteiger partial charge is 0.483 e. The van der Waals surface area contributed by atoms with Crippen LogP contribution in [0.15, 0.2) is 54.6 Å². The number of nitrogens with two attached hydrogens (primary N) is 1. The highest BCUT2D eigenvalue weighted by atomic mass is 16.5. The monoisotopic (exact) mass is 366 g/mol. The Bertz CT molecular complexity index is 861. The van der Waals surface area contributed by atoms with Crippen molar-refractivity contribution in [3.63, 3.8) is 0 Å². The molecule has 3 N–H and O–H groups in total. The van der Waals surface area contributed by atoms with Gasteiger partial charge in [-0.1, -0.05) is 42.5 Å². The number of ketones is 1. The number of hydrogen-bond acceptors (Lipinski definition) is 6. The maximum atomic E-state index is 13.3. The molecule has 1 spiro atoms. The molecule has 6 nitrogen and oxygen atoms in total. The van der Waals surface area contributed by atoms with Gasteiger partial charge in [0.15, 0.2) is 0 Å². The first-order chi connectivity index (χ1) is 13.1. The Labute approximate surface area is 157 Å². The van der Waals surface area contributed by atoms with Gasteiger partial charge in [-0.3, -0.25) is 4.79 Å². The normalized spacial score (nSPS) is 23.4. The summed E-state index contributed by atoms with van der Waals surface area (Å²) in [5.41, 5.74) is 4.72. The van der Waals surface area contributed by atoms with Crippen LogP contribution in [0.25, 0.3) is 0 Å². The van der Waals surface area contributed by atoms with Crippen LogP contribution in [0.3, 0.4) is 0 Å². The zero-order chi connectivity index (χ0) is 18.9. The average molecular weight is 366 g/mol. The van der Waals surface area contributed by atoms with Gasteiger partial charge in [-0.15, -0.1) is 0 Å². The van der Waals surface area contributed by atoms with E-state index in [0.717, 1.165) is 5.56 Å². The fourth-order valence-corrected chi connectivity index (χ4v) is 3.90. The molecule has 2 aromatic carbocycles. The summed E-state index contributed by atoms with van der Waals surface area (Å²) in [6, 6.07) is 16.2. The van der Waals surface area contributed by atoms with Crippen LogP contribution in [0.1, 0.15) is 28.8 Å². The fraction of sp³-hybridized carbons (Fsp3) is 0.333. The number of esters is 1. The fourth-order valence-electron chi connectivity index (χ4n) is 3.90. The van der Waals surface area contributed by atoms with Gasteiger partial charge in [-0.25, -0.2) is 4.79 Å². The first kappa shape index (κ1) is 17.7. The molecule has 140 valence electrons. The Balaban J connectivity index is 1.69. The molecule has 4 rings (SSSR count). The molecule has 0 amide bonds. The number of piperidine rings is 1. The van der Waals surface area contributed by atoms with Crippen LogP contribution >= 0.6 is 0 Å². The Morgan fingerprint density at radius 2 is 1.74 bits per heavy atom. The van der Waals surface area contributed by atoms with E-state index in [-0.39, 0.29) is 6.61 Å². The molecule has 2 aliphatic heterocycles. The molecule has 1 unspecified atom stereocenters. The summed E-state index contributed by atoms with van der Waals surface area (Å²) in [7, 11) is 0. The first-order valence-electron chi connectivity index (χ1n) is 9.10. The Kier molecular flexibility index (Phi) is 4.45. The first-order valence-corrected chi connectivity index (χ1v) is 9.10. The van der Waals surface area contributed by atoms with E-state index in [4.69, 9.17) is 15.2 Å². The van der Waals surface area contributed by atoms with Crippen LogP contribution in [-0.2, 0) is 16.1 Å². The van der Waals surface area contributed by atoms with Crippen LogP contribution in [-0.4, -0.2) is 36.0 Å². The molecule has 1 saturated heterocycles. The average Bonchev–Trinajstić information content (AvgIpc) is 2.72. The predicted molar refractivity (Wildman–Crippen MR) is 99.4 cm³/mol. The lowest BCUT2D eigenvalue weighted by atomic mass is 9.68. The third-order valence-corrected chi connectivity index (χ3v) is 5.46. The molecular weight excluding hydrogens is 344 g/mol. The van der Waals surface area contributed by atoms with Gasteiger partial charge in [-0.2, -0.15) is 0 Å². The molecule has 0 aromatic heterocycles. The van der Waals surface area contributed by atoms with Crippen molar-refractivity contribution >= 4 is 11.8 Å². The van der Waals surface area contributed by atoms with Crippen molar-refractivity contribution in [2.75, 3.05) is 13.1 Å². The molecule has 0 aliphatic carbocycles. The minimum Gasteiger partial charge on any atom is -0.483 e. The third-order valence-electron chi connectivity index (χ3n) is 5.46. The van der Waals surface area contributed by atoms with Crippen LogP contribution in [0.2, 0.25) is 0 Å². The molecule has 6 heteroatoms. The van der Waals surface area contributed by atoms with Crippen LogP contribution in [0.4, 0.5) is 0 Å². The Hall–Kier alpha value is -2.70. The summed E-state index contributed by atoms with van der Waals surface area (Å²) >= 11 is 0. The molecule has 2 aliphatic rings. The number of fused-ring (bicyclic) bond motifs is 1. The number of para-hydroxylation sites is 1. The predicted octanol–water partition coefficient (Wildman–Crippen LogP) is 1.82. The van der Waals surface area contributed by atoms with Crippen molar-refractivity contribution in [3.8, 4) is 5.75 Å². The molecule has 1 fully saturated rings. The van der Waals surface area contributed by atoms with E-state index in [0.29, 0.717) is 37.2 Å². The van der Waals surface area contributed by atoms with Gasteiger partial charge < -0.3 is 20.5 Å². The van der Waals surface area contributed by atoms with Crippen LogP contribution in [0.5, 0.6) is 5.75 Å². The number of hydrogen-bond donors (Lipinski definition) is 2. The summed E-state index contributed by atoms with van der Waals surface area (Å²) in [6.07, 6.45) is 0.897. The number of ether oxygens (including phenoxy) is 2. The number of nitrogens with one attached hydrogen (secondary N) is 1. The number of carbonyl (C=O) groups is 2. The second-order valence-electron chi connectivity index (χ2n) is 7.04. The number of rotatable bonds is 3. The standard InChI is InChI=1S/C21H22N2O4/c22-21(19(25)26-14-15-6-2-1-3-7-15)18(24)16-8-4-5-9-17(16)27-20(21)10-12-23-13-11-20/h1-9,23H,10-14,22H2. The molecular formula is C21H22N2O4. The highest BCUT2D eigenvalue weighted by molar-refractivity contribution is 6.19. The van der Waals surface area contributed by atoms with Gasteiger partial charge in [0, 0.05) is 12.8 Å². The topological polar surface area (TPSA) is 90.7 Å². The smallest absolute Gasteiger partial charge is 0.338 e. The van der Waals surface area contributed by atoms with E-state index in [1.54, 1.807) is 24.3 Å². The molecule has 0 radical (unpaired) electrons. The van der Waals surface area contributed by atoms with E-state index in [9.17, 15) is 9.59 Å². The lowest BCUT2D eigenvalue weighted by Gasteiger charge is -2.50. The molecule has 0 bridgehead atoms. The van der Waals surface area contributed by atoms with Gasteiger partial charge in [0.1, 0.15) is 18.0 Å². The summed E-state index contributed by atoms with van der Waals surface area (Å²) < 4.78 is 11.7. The highest BCUT2D eigenvalue weighted by Gasteiger charge is 2.65. The minimum atomic E-state index is -1.88. The van der Waals surface area contributed by atoms with Gasteiger partial charge in [0.2, 0.25) is 11.3 Å². The maximum absolute atomic E-state index is 13.3. The summed E-state index contributed by atoms with van der Waals surface area (Å²) in [5, 5.41) is 3.23. The second-order valence-corrected chi connectivity index (χ2v) is 7.04. The molecule has 2 aromatic rings. The van der Waals surface area contributed by atoms with Crippen molar-refractivity contribution in [1.82, 2.24) is 5.32 Å². The van der Waals surface area contributed by atoms with E-state index in [1.807, 2.05) is 30.3 Å². The van der Waals surface area contributed by atoms with Crippen molar-refractivity contribution < 1.29 is 19.1 Å². The van der Waals surface area contributed by atoms with E-state index < -0.39 is 22.9 Å². The van der Waals surface area contributed by atoms with Gasteiger partial charge in [0.25, 0.3) is 0 Å². The summed E-state index contributed by atoms with van der Waals surface area (Å²) in [5.74, 6) is -0.710. The lowest BCUT2D eigenvalue weighted by Crippen LogP contribution is -2.76. The SMILES string of the molecule is NC1(C(=O)OCc2ccccc2)C(=O)c2ccccc2OC12CCNCC2. The number of Topliss-reactive ketones (excluding diaryl/α,β-unsaturated/α-hetero) is 1. The lowest BCUT2D eigenvalue weighted by molar-refractivity contribution is -0.160. The van der Waals surface area contributed by atoms with Gasteiger partial charge >= 0.3 is 5.97 Å². The highest BCUT2D eigenvalue weighted by Crippen LogP contribution is 2.43. The third kappa shape index (κ3) is 2.81. The molecule has 1 atom stereocenters. The van der Waals surface area contributed by atoms with E-state index in [1.165, 1.54) is 0 Å². The van der Waals surface area contributed by atoms with Crippen molar-refractivity contribution in [1.29, 1.82) is 0 Å². The van der Waals surface area contributed by atoms with Gasteiger partial charge in [-0.05, 0) is 30.8 Å². The minimum absolute atomic E-state index is 0.0574. The van der Waals surface area contributed by atoms with Crippen LogP contribution < -0.4 is 15.8 Å². The Morgan fingerprint density at radius 1 is 1.07 bits per heavy atom. The zero-order valence-electron chi connectivity index (χ0n) is 14.9. The Morgan fingerprint density at radius 3 is 2.48 bits per heavy atom. The van der Waals surface area contributed by atoms with Gasteiger partial charge in [0.05, 0.1) is 5.56 Å². The molecule has 27 heavy (non-hydrogen) atoms. The summed E-state index contributed by atoms with van der Waals surface area (Å²) in [6.45, 7) is 1.28. The summed E-state index contributed by atoms with van der Waals surface area (Å²) in [4.78, 5) is 26.5. The van der Waals surface area contributed by atoms with Crippen molar-refractivity contribution in [3.05, 3.63) is 65.7 Å². The maximum Gasteiger partial charge on any atom is 0.338 e. The molecule has 0 saturated carbocycles. The van der Waals surface area contributed by atoms with Crippen molar-refractivity contribution in [2.24, 2.45) is 5.73 Å². The molecule has 2 heterocycles. The van der Waals surface area contributed by atoms with E-state index in [2.05, 4.69) is 5.32 Å². The zero-order valence-corrected chi connectivity index (χ0v) is 14.9. The quantitative estimate of drug-likeness (QED) is 0.636. The van der Waals surface area contributed by atoms with Crippen LogP contribution in [0, 0.1) is 0 Å². The number of carbonyl (C=O) groups excluding carboxylic acids is 2. The second kappa shape index (κ2) is 6.79.